The number of carbonyl (C=O) groups excluding carboxylic acids is 2. The van der Waals surface area contributed by atoms with Crippen molar-refractivity contribution in [3.8, 4) is 11.5 Å². The van der Waals surface area contributed by atoms with E-state index in [0.717, 1.165) is 16.7 Å². The number of benzene rings is 3. The average molecular weight is 588 g/mol. The van der Waals surface area contributed by atoms with Gasteiger partial charge in [-0.05, 0) is 73.9 Å². The van der Waals surface area contributed by atoms with Gasteiger partial charge in [-0.3, -0.25) is 14.5 Å². The molecule has 0 aliphatic carbocycles. The summed E-state index contributed by atoms with van der Waals surface area (Å²) in [7, 11) is 1.47. The molecule has 0 aromatic heterocycles. The molecule has 0 bridgehead atoms. The molecule has 10 heteroatoms. The third-order valence-electron chi connectivity index (χ3n) is 5.76. The first-order valence-electron chi connectivity index (χ1n) is 11.5. The Morgan fingerprint density at radius 1 is 1.05 bits per heavy atom. The number of rotatable bonds is 7. The predicted octanol–water partition coefficient (Wildman–Crippen LogP) is 7.35. The normalized spacial score (nSPS) is 14.3. The summed E-state index contributed by atoms with van der Waals surface area (Å²) >= 11 is 19.4. The number of nitrogens with zero attached hydrogens (tertiary/aromatic N) is 1. The van der Waals surface area contributed by atoms with Crippen LogP contribution in [0.5, 0.6) is 11.5 Å². The Bertz CT molecular complexity index is 1490. The molecular weight excluding hydrogens is 563 g/mol. The molecule has 0 atom stereocenters. The number of aryl methyl sites for hydroxylation is 3. The number of ether oxygens (including phenoxy) is 2. The van der Waals surface area contributed by atoms with Crippen molar-refractivity contribution >= 4 is 80.8 Å². The lowest BCUT2D eigenvalue weighted by Gasteiger charge is -2.15. The lowest BCUT2D eigenvalue weighted by Crippen LogP contribution is -2.27. The van der Waals surface area contributed by atoms with Crippen LogP contribution in [0.3, 0.4) is 0 Å². The number of hydrogen-bond donors (Lipinski definition) is 1. The molecule has 3 aromatic carbocycles. The van der Waals surface area contributed by atoms with E-state index in [4.69, 9.17) is 44.9 Å². The van der Waals surface area contributed by atoms with Gasteiger partial charge in [0, 0.05) is 10.7 Å². The van der Waals surface area contributed by atoms with E-state index >= 15 is 0 Å². The van der Waals surface area contributed by atoms with Gasteiger partial charge in [-0.15, -0.1) is 0 Å². The molecule has 1 N–H and O–H groups in total. The Balaban J connectivity index is 1.50. The minimum atomic E-state index is -0.334. The number of carbonyl (C=O) groups is 2. The Hall–Kier alpha value is -3.04. The maximum Gasteiger partial charge on any atom is 0.270 e. The van der Waals surface area contributed by atoms with Gasteiger partial charge in [0.15, 0.2) is 22.4 Å². The fraction of sp³-hybridized carbons (Fsp3) is 0.179. The predicted molar refractivity (Wildman–Crippen MR) is 160 cm³/mol. The number of amides is 2. The topological polar surface area (TPSA) is 67.9 Å². The van der Waals surface area contributed by atoms with Gasteiger partial charge >= 0.3 is 0 Å². The Morgan fingerprint density at radius 3 is 2.50 bits per heavy atom. The van der Waals surface area contributed by atoms with Crippen LogP contribution in [0.15, 0.2) is 53.4 Å². The van der Waals surface area contributed by atoms with Crippen LogP contribution in [-0.4, -0.2) is 29.9 Å². The van der Waals surface area contributed by atoms with Gasteiger partial charge in [-0.25, -0.2) is 0 Å². The van der Waals surface area contributed by atoms with E-state index in [9.17, 15) is 9.59 Å². The molecule has 2 amide bonds. The second-order valence-electron chi connectivity index (χ2n) is 8.64. The highest BCUT2D eigenvalue weighted by molar-refractivity contribution is 8.27. The molecule has 0 saturated carbocycles. The summed E-state index contributed by atoms with van der Waals surface area (Å²) in [6.45, 7) is 5.53. The molecule has 0 unspecified atom stereocenters. The van der Waals surface area contributed by atoms with Crippen molar-refractivity contribution in [2.45, 2.75) is 20.8 Å². The lowest BCUT2D eigenvalue weighted by atomic mass is 10.1. The van der Waals surface area contributed by atoms with Crippen molar-refractivity contribution in [1.82, 2.24) is 0 Å². The van der Waals surface area contributed by atoms with Crippen LogP contribution < -0.4 is 19.7 Å². The molecule has 1 aliphatic heterocycles. The lowest BCUT2D eigenvalue weighted by molar-refractivity contribution is -0.118. The monoisotopic (exact) mass is 586 g/mol. The van der Waals surface area contributed by atoms with Crippen molar-refractivity contribution in [3.05, 3.63) is 85.7 Å². The summed E-state index contributed by atoms with van der Waals surface area (Å²) in [5.74, 6) is -0.0507. The number of thiocarbonyl (C=S) groups is 1. The van der Waals surface area contributed by atoms with E-state index in [0.29, 0.717) is 36.9 Å². The zero-order chi connectivity index (χ0) is 27.6. The van der Waals surface area contributed by atoms with Crippen LogP contribution in [-0.2, 0) is 9.59 Å². The number of thioether (sulfide) groups is 1. The third-order valence-corrected chi connectivity index (χ3v) is 7.75. The van der Waals surface area contributed by atoms with Crippen LogP contribution in [0.25, 0.3) is 6.08 Å². The summed E-state index contributed by atoms with van der Waals surface area (Å²) in [5.41, 5.74) is 4.89. The van der Waals surface area contributed by atoms with Gasteiger partial charge in [0.2, 0.25) is 0 Å². The largest absolute Gasteiger partial charge is 0.493 e. The molecule has 0 radical (unpaired) electrons. The Labute approximate surface area is 240 Å². The Kier molecular flexibility index (Phi) is 8.67. The number of anilines is 2. The van der Waals surface area contributed by atoms with Gasteiger partial charge in [0.1, 0.15) is 0 Å². The zero-order valence-corrected chi connectivity index (χ0v) is 24.2. The van der Waals surface area contributed by atoms with Crippen LogP contribution in [0.1, 0.15) is 22.3 Å². The van der Waals surface area contributed by atoms with Crippen molar-refractivity contribution in [2.75, 3.05) is 23.9 Å². The molecule has 196 valence electrons. The van der Waals surface area contributed by atoms with Crippen LogP contribution in [0.2, 0.25) is 10.0 Å². The molecule has 1 heterocycles. The van der Waals surface area contributed by atoms with Gasteiger partial charge in [-0.2, -0.15) is 0 Å². The zero-order valence-electron chi connectivity index (χ0n) is 21.1. The first kappa shape index (κ1) is 28.0. The van der Waals surface area contributed by atoms with Crippen molar-refractivity contribution in [2.24, 2.45) is 0 Å². The first-order valence-corrected chi connectivity index (χ1v) is 13.5. The molecule has 1 aliphatic rings. The van der Waals surface area contributed by atoms with E-state index in [1.165, 1.54) is 23.8 Å². The highest BCUT2D eigenvalue weighted by atomic mass is 35.5. The standard InChI is InChI=1S/C28H24Cl2N2O4S2/c1-15-5-8-22(17(3)9-15)31-25(33)14-36-26-21(30)10-18(11-23(26)35-4)12-24-27(34)32(28(37)38-24)19-7-6-16(2)20(29)13-19/h5-13H,14H2,1-4H3,(H,31,33)/b24-12-. The molecule has 6 nitrogen and oxygen atoms in total. The highest BCUT2D eigenvalue weighted by Crippen LogP contribution is 2.40. The van der Waals surface area contributed by atoms with E-state index < -0.39 is 0 Å². The maximum absolute atomic E-state index is 13.2. The van der Waals surface area contributed by atoms with Gasteiger partial charge < -0.3 is 14.8 Å². The molecule has 38 heavy (non-hydrogen) atoms. The van der Waals surface area contributed by atoms with E-state index in [-0.39, 0.29) is 29.2 Å². The Morgan fingerprint density at radius 2 is 1.82 bits per heavy atom. The molecule has 0 spiro atoms. The van der Waals surface area contributed by atoms with Crippen LogP contribution in [0.4, 0.5) is 11.4 Å². The molecule has 4 rings (SSSR count). The first-order chi connectivity index (χ1) is 18.1. The summed E-state index contributed by atoms with van der Waals surface area (Å²) < 4.78 is 11.6. The van der Waals surface area contributed by atoms with Gasteiger partial charge in [0.25, 0.3) is 11.8 Å². The van der Waals surface area contributed by atoms with Gasteiger partial charge in [0.05, 0.1) is 22.7 Å². The summed E-state index contributed by atoms with van der Waals surface area (Å²) in [5, 5.41) is 3.62. The quantitative estimate of drug-likeness (QED) is 0.230. The summed E-state index contributed by atoms with van der Waals surface area (Å²) in [4.78, 5) is 27.5. The average Bonchev–Trinajstić information content (AvgIpc) is 3.14. The SMILES string of the molecule is COc1cc(/C=C2\SC(=S)N(c3ccc(C)c(Cl)c3)C2=O)cc(Cl)c1OCC(=O)Nc1ccc(C)cc1C. The smallest absolute Gasteiger partial charge is 0.270 e. The van der Waals surface area contributed by atoms with E-state index in [1.807, 2.05) is 45.0 Å². The molecule has 1 saturated heterocycles. The second-order valence-corrected chi connectivity index (χ2v) is 11.1. The van der Waals surface area contributed by atoms with E-state index in [2.05, 4.69) is 5.32 Å². The summed E-state index contributed by atoms with van der Waals surface area (Å²) in [6, 6.07) is 14.4. The van der Waals surface area contributed by atoms with Crippen molar-refractivity contribution < 1.29 is 19.1 Å². The van der Waals surface area contributed by atoms with Gasteiger partial charge in [-0.1, -0.05) is 70.9 Å². The fourth-order valence-corrected chi connectivity index (χ4v) is 5.55. The number of halogens is 2. The molecule has 3 aromatic rings. The summed E-state index contributed by atoms with van der Waals surface area (Å²) in [6.07, 6.45) is 1.68. The minimum Gasteiger partial charge on any atom is -0.493 e. The highest BCUT2D eigenvalue weighted by Gasteiger charge is 2.33. The number of hydrogen-bond acceptors (Lipinski definition) is 6. The fourth-order valence-electron chi connectivity index (χ4n) is 3.80. The van der Waals surface area contributed by atoms with Crippen LogP contribution in [0, 0.1) is 20.8 Å². The minimum absolute atomic E-state index is 0.226. The van der Waals surface area contributed by atoms with E-state index in [1.54, 1.807) is 30.3 Å². The number of nitrogens with one attached hydrogen (secondary N) is 1. The van der Waals surface area contributed by atoms with Crippen molar-refractivity contribution in [1.29, 1.82) is 0 Å². The maximum atomic E-state index is 13.2. The number of methoxy groups -OCH3 is 1. The molecule has 1 fully saturated rings. The third kappa shape index (κ3) is 6.15. The second kappa shape index (κ2) is 11.8. The van der Waals surface area contributed by atoms with Crippen LogP contribution >= 0.6 is 47.2 Å². The van der Waals surface area contributed by atoms with Crippen molar-refractivity contribution in [3.63, 3.8) is 0 Å². The molecular formula is C28H24Cl2N2O4S2.